The number of hydrogen-bond donors (Lipinski definition) is 2. The highest BCUT2D eigenvalue weighted by atomic mass is 16.2. The van der Waals surface area contributed by atoms with Gasteiger partial charge in [0, 0.05) is 30.3 Å². The zero-order chi connectivity index (χ0) is 14.5. The van der Waals surface area contributed by atoms with Crippen LogP contribution in [0.4, 0.5) is 5.69 Å². The number of anilines is 1. The zero-order valence-corrected chi connectivity index (χ0v) is 11.1. The van der Waals surface area contributed by atoms with Crippen LogP contribution in [0, 0.1) is 0 Å². The molecular weight excluding hydrogens is 256 g/mol. The number of pyridine rings is 2. The summed E-state index contributed by atoms with van der Waals surface area (Å²) < 4.78 is 1.28. The maximum atomic E-state index is 11.9. The van der Waals surface area contributed by atoms with Crippen LogP contribution in [0.15, 0.2) is 47.7 Å². The van der Waals surface area contributed by atoms with Gasteiger partial charge in [-0.25, -0.2) is 0 Å². The lowest BCUT2D eigenvalue weighted by Gasteiger charge is -2.14. The molecule has 0 radical (unpaired) electrons. The van der Waals surface area contributed by atoms with E-state index in [4.69, 9.17) is 5.73 Å². The molecule has 2 aromatic heterocycles. The summed E-state index contributed by atoms with van der Waals surface area (Å²) in [6.07, 6.45) is 4.82. The van der Waals surface area contributed by atoms with Gasteiger partial charge in [-0.1, -0.05) is 6.07 Å². The minimum atomic E-state index is -0.261. The van der Waals surface area contributed by atoms with Gasteiger partial charge in [0.2, 0.25) is 5.91 Å². The normalized spacial score (nSPS) is 11.8. The van der Waals surface area contributed by atoms with Crippen LogP contribution in [0.3, 0.4) is 0 Å². The van der Waals surface area contributed by atoms with Gasteiger partial charge in [-0.3, -0.25) is 14.6 Å². The highest BCUT2D eigenvalue weighted by molar-refractivity contribution is 5.76. The van der Waals surface area contributed by atoms with Crippen LogP contribution in [-0.2, 0) is 11.3 Å². The smallest absolute Gasteiger partial charge is 0.251 e. The largest absolute Gasteiger partial charge is 0.398 e. The van der Waals surface area contributed by atoms with E-state index in [0.717, 1.165) is 5.56 Å². The molecule has 104 valence electrons. The number of nitrogens with two attached hydrogens (primary N) is 1. The van der Waals surface area contributed by atoms with E-state index in [-0.39, 0.29) is 24.1 Å². The summed E-state index contributed by atoms with van der Waals surface area (Å²) in [6.45, 7) is 1.80. The molecule has 1 atom stereocenters. The molecule has 0 aliphatic heterocycles. The van der Waals surface area contributed by atoms with Gasteiger partial charge in [-0.2, -0.15) is 0 Å². The molecule has 0 saturated carbocycles. The quantitative estimate of drug-likeness (QED) is 0.857. The van der Waals surface area contributed by atoms with Crippen molar-refractivity contribution >= 4 is 11.6 Å². The molecule has 0 aliphatic rings. The van der Waals surface area contributed by atoms with Crippen molar-refractivity contribution in [3.05, 3.63) is 58.8 Å². The Hall–Kier alpha value is -2.63. The molecular formula is C14H16N4O2. The zero-order valence-electron chi connectivity index (χ0n) is 11.1. The van der Waals surface area contributed by atoms with Crippen LogP contribution >= 0.6 is 0 Å². The van der Waals surface area contributed by atoms with Gasteiger partial charge < -0.3 is 15.6 Å². The van der Waals surface area contributed by atoms with Crippen LogP contribution in [0.25, 0.3) is 0 Å². The predicted molar refractivity (Wildman–Crippen MR) is 75.9 cm³/mol. The lowest BCUT2D eigenvalue weighted by molar-refractivity contribution is -0.122. The second kappa shape index (κ2) is 6.01. The highest BCUT2D eigenvalue weighted by Gasteiger charge is 2.10. The third-order valence-electron chi connectivity index (χ3n) is 2.88. The number of aromatic nitrogens is 2. The molecule has 0 spiro atoms. The number of carbonyl (C=O) groups is 1. The lowest BCUT2D eigenvalue weighted by Crippen LogP contribution is -2.33. The van der Waals surface area contributed by atoms with Crippen molar-refractivity contribution in [1.29, 1.82) is 0 Å². The Morgan fingerprint density at radius 1 is 1.45 bits per heavy atom. The molecule has 0 aromatic carbocycles. The van der Waals surface area contributed by atoms with Gasteiger partial charge in [0.15, 0.2) is 0 Å². The fourth-order valence-corrected chi connectivity index (χ4v) is 1.83. The number of nitrogens with one attached hydrogen (secondary N) is 1. The van der Waals surface area contributed by atoms with Crippen LogP contribution in [0.1, 0.15) is 18.5 Å². The van der Waals surface area contributed by atoms with E-state index in [2.05, 4.69) is 10.3 Å². The van der Waals surface area contributed by atoms with Gasteiger partial charge in [0.25, 0.3) is 5.56 Å². The van der Waals surface area contributed by atoms with E-state index in [1.807, 2.05) is 13.0 Å². The Morgan fingerprint density at radius 2 is 2.25 bits per heavy atom. The fourth-order valence-electron chi connectivity index (χ4n) is 1.83. The van der Waals surface area contributed by atoms with E-state index in [9.17, 15) is 9.59 Å². The Balaban J connectivity index is 2.02. The van der Waals surface area contributed by atoms with Crippen LogP contribution in [-0.4, -0.2) is 15.5 Å². The second-order valence-corrected chi connectivity index (χ2v) is 4.50. The average Bonchev–Trinajstić information content (AvgIpc) is 2.43. The van der Waals surface area contributed by atoms with Crippen molar-refractivity contribution in [1.82, 2.24) is 14.9 Å². The summed E-state index contributed by atoms with van der Waals surface area (Å²) >= 11 is 0. The fraction of sp³-hybridized carbons (Fsp3) is 0.214. The Kier molecular flexibility index (Phi) is 4.14. The SMILES string of the molecule is CC(NC(=O)Cn1cc(N)ccc1=O)c1cccnc1. The summed E-state index contributed by atoms with van der Waals surface area (Å²) in [6, 6.07) is 6.36. The maximum absolute atomic E-state index is 11.9. The van der Waals surface area contributed by atoms with Crippen molar-refractivity contribution in [3.63, 3.8) is 0 Å². The molecule has 2 heterocycles. The van der Waals surface area contributed by atoms with Crippen molar-refractivity contribution < 1.29 is 4.79 Å². The Labute approximate surface area is 116 Å². The van der Waals surface area contributed by atoms with Gasteiger partial charge in [0.1, 0.15) is 6.54 Å². The molecule has 2 aromatic rings. The highest BCUT2D eigenvalue weighted by Crippen LogP contribution is 2.09. The minimum Gasteiger partial charge on any atom is -0.398 e. The Bertz CT molecular complexity index is 652. The first-order chi connectivity index (χ1) is 9.56. The molecule has 6 nitrogen and oxygen atoms in total. The predicted octanol–water partition coefficient (Wildman–Crippen LogP) is 0.703. The molecule has 0 bridgehead atoms. The third-order valence-corrected chi connectivity index (χ3v) is 2.88. The van der Waals surface area contributed by atoms with Gasteiger partial charge >= 0.3 is 0 Å². The Morgan fingerprint density at radius 3 is 2.95 bits per heavy atom. The molecule has 0 fully saturated rings. The molecule has 6 heteroatoms. The van der Waals surface area contributed by atoms with E-state index >= 15 is 0 Å². The molecule has 0 saturated heterocycles. The van der Waals surface area contributed by atoms with Crippen molar-refractivity contribution in [3.8, 4) is 0 Å². The van der Waals surface area contributed by atoms with Crippen molar-refractivity contribution in [2.24, 2.45) is 0 Å². The topological polar surface area (TPSA) is 90.0 Å². The first kappa shape index (κ1) is 13.8. The summed E-state index contributed by atoms with van der Waals surface area (Å²) in [5.41, 5.74) is 6.68. The first-order valence-electron chi connectivity index (χ1n) is 6.21. The first-order valence-corrected chi connectivity index (χ1v) is 6.21. The number of nitrogen functional groups attached to an aromatic ring is 1. The third kappa shape index (κ3) is 3.44. The van der Waals surface area contributed by atoms with E-state index < -0.39 is 0 Å². The molecule has 1 amide bonds. The molecule has 3 N–H and O–H groups in total. The standard InChI is InChI=1S/C14H16N4O2/c1-10(11-3-2-6-16-7-11)17-13(19)9-18-8-12(15)4-5-14(18)20/h2-8,10H,9,15H2,1H3,(H,17,19). The van der Waals surface area contributed by atoms with Crippen LogP contribution in [0.2, 0.25) is 0 Å². The van der Waals surface area contributed by atoms with Crippen molar-refractivity contribution in [2.75, 3.05) is 5.73 Å². The van der Waals surface area contributed by atoms with E-state index in [0.29, 0.717) is 5.69 Å². The number of rotatable bonds is 4. The molecule has 0 aliphatic carbocycles. The summed E-state index contributed by atoms with van der Waals surface area (Å²) in [5, 5.41) is 2.81. The summed E-state index contributed by atoms with van der Waals surface area (Å²) in [5.74, 6) is -0.256. The van der Waals surface area contributed by atoms with E-state index in [1.54, 1.807) is 18.5 Å². The van der Waals surface area contributed by atoms with Crippen LogP contribution < -0.4 is 16.6 Å². The number of hydrogen-bond acceptors (Lipinski definition) is 4. The minimum absolute atomic E-state index is 0.0610. The van der Waals surface area contributed by atoms with Crippen LogP contribution in [0.5, 0.6) is 0 Å². The van der Waals surface area contributed by atoms with Gasteiger partial charge in [-0.15, -0.1) is 0 Å². The van der Waals surface area contributed by atoms with Gasteiger partial charge in [-0.05, 0) is 24.6 Å². The van der Waals surface area contributed by atoms with E-state index in [1.165, 1.54) is 22.9 Å². The molecule has 2 rings (SSSR count). The average molecular weight is 272 g/mol. The molecule has 20 heavy (non-hydrogen) atoms. The number of nitrogens with zero attached hydrogens (tertiary/aromatic N) is 2. The number of amides is 1. The lowest BCUT2D eigenvalue weighted by atomic mass is 10.1. The summed E-state index contributed by atoms with van der Waals surface area (Å²) in [4.78, 5) is 27.5. The molecule has 1 unspecified atom stereocenters. The second-order valence-electron chi connectivity index (χ2n) is 4.50. The summed E-state index contributed by atoms with van der Waals surface area (Å²) in [7, 11) is 0. The number of carbonyl (C=O) groups excluding carboxylic acids is 1. The van der Waals surface area contributed by atoms with Crippen molar-refractivity contribution in [2.45, 2.75) is 19.5 Å². The maximum Gasteiger partial charge on any atom is 0.251 e. The monoisotopic (exact) mass is 272 g/mol. The van der Waals surface area contributed by atoms with Gasteiger partial charge in [0.05, 0.1) is 6.04 Å².